The Kier molecular flexibility index (Phi) is 5.42. The van der Waals surface area contributed by atoms with Gasteiger partial charge in [0.15, 0.2) is 11.5 Å². The first-order valence-corrected chi connectivity index (χ1v) is 8.97. The summed E-state index contributed by atoms with van der Waals surface area (Å²) in [6.07, 6.45) is 3.40. The quantitative estimate of drug-likeness (QED) is 0.784. The van der Waals surface area contributed by atoms with Crippen molar-refractivity contribution in [1.29, 1.82) is 0 Å². The minimum Gasteiger partial charge on any atom is -0.435 e. The number of halogens is 3. The SMILES string of the molecule is C=C1N(C)C(N)=NC1(c1ccc(OC(F)F)c(C)c1)c1ccc(F)c(/C=C/C)c1. The minimum atomic E-state index is -2.92. The van der Waals surface area contributed by atoms with Gasteiger partial charge in [0.25, 0.3) is 0 Å². The molecule has 4 nitrogen and oxygen atoms in total. The summed E-state index contributed by atoms with van der Waals surface area (Å²) in [4.78, 5) is 6.32. The van der Waals surface area contributed by atoms with Crippen molar-refractivity contribution in [2.24, 2.45) is 10.7 Å². The largest absolute Gasteiger partial charge is 0.435 e. The van der Waals surface area contributed by atoms with Gasteiger partial charge in [0.2, 0.25) is 0 Å². The van der Waals surface area contributed by atoms with Crippen LogP contribution in [0.2, 0.25) is 0 Å². The standard InChI is InChI=1S/C22H22F3N3O/c1-5-6-15-12-17(7-9-18(15)23)22(14(3)28(4)21(26)27-22)16-8-10-19(13(2)11-16)29-20(24)25/h5-12,20H,3H2,1-2,4H3,(H2,26,27)/b6-5+. The molecule has 0 bridgehead atoms. The Labute approximate surface area is 167 Å². The van der Waals surface area contributed by atoms with Gasteiger partial charge in [-0.3, -0.25) is 0 Å². The van der Waals surface area contributed by atoms with E-state index < -0.39 is 12.2 Å². The molecule has 2 aromatic rings. The van der Waals surface area contributed by atoms with E-state index in [1.807, 2.05) is 0 Å². The molecule has 1 aliphatic heterocycles. The van der Waals surface area contributed by atoms with Gasteiger partial charge in [0.1, 0.15) is 11.6 Å². The molecule has 2 aromatic carbocycles. The van der Waals surface area contributed by atoms with E-state index >= 15 is 0 Å². The van der Waals surface area contributed by atoms with Gasteiger partial charge in [-0.25, -0.2) is 9.38 Å². The molecule has 0 fully saturated rings. The lowest BCUT2D eigenvalue weighted by atomic mass is 9.80. The first-order chi connectivity index (χ1) is 13.7. The van der Waals surface area contributed by atoms with Crippen LogP contribution in [-0.4, -0.2) is 24.5 Å². The molecular formula is C22H22F3N3O. The second-order valence-electron chi connectivity index (χ2n) is 6.78. The zero-order valence-corrected chi connectivity index (χ0v) is 16.4. The molecule has 0 radical (unpaired) electrons. The van der Waals surface area contributed by atoms with Gasteiger partial charge < -0.3 is 15.4 Å². The van der Waals surface area contributed by atoms with Crippen molar-refractivity contribution in [1.82, 2.24) is 4.90 Å². The Balaban J connectivity index is 2.24. The van der Waals surface area contributed by atoms with Gasteiger partial charge in [0, 0.05) is 12.6 Å². The lowest BCUT2D eigenvalue weighted by Crippen LogP contribution is -2.32. The molecule has 1 aliphatic rings. The van der Waals surface area contributed by atoms with Gasteiger partial charge in [-0.1, -0.05) is 30.9 Å². The normalized spacial score (nSPS) is 19.3. The van der Waals surface area contributed by atoms with Crippen LogP contribution in [0, 0.1) is 12.7 Å². The number of hydrogen-bond donors (Lipinski definition) is 1. The number of rotatable bonds is 5. The smallest absolute Gasteiger partial charge is 0.387 e. The highest BCUT2D eigenvalue weighted by Crippen LogP contribution is 2.46. The molecule has 7 heteroatoms. The van der Waals surface area contributed by atoms with Crippen LogP contribution in [-0.2, 0) is 5.54 Å². The summed E-state index contributed by atoms with van der Waals surface area (Å²) in [7, 11) is 1.74. The Morgan fingerprint density at radius 3 is 2.41 bits per heavy atom. The molecule has 3 rings (SSSR count). The average Bonchev–Trinajstić information content (AvgIpc) is 2.90. The first kappa shape index (κ1) is 20.5. The molecule has 1 heterocycles. The van der Waals surface area contributed by atoms with E-state index in [0.717, 1.165) is 0 Å². The van der Waals surface area contributed by atoms with Crippen LogP contribution < -0.4 is 10.5 Å². The zero-order chi connectivity index (χ0) is 21.3. The summed E-state index contributed by atoms with van der Waals surface area (Å²) in [6.45, 7) is 4.70. The van der Waals surface area contributed by atoms with Crippen molar-refractivity contribution in [3.8, 4) is 5.75 Å². The van der Waals surface area contributed by atoms with Crippen molar-refractivity contribution in [2.75, 3.05) is 7.05 Å². The molecule has 29 heavy (non-hydrogen) atoms. The maximum absolute atomic E-state index is 14.2. The predicted octanol–water partition coefficient (Wildman–Crippen LogP) is 4.79. The fraction of sp³-hybridized carbons (Fsp3) is 0.227. The fourth-order valence-electron chi connectivity index (χ4n) is 3.50. The van der Waals surface area contributed by atoms with Crippen LogP contribution in [0.15, 0.2) is 59.7 Å². The summed E-state index contributed by atoms with van der Waals surface area (Å²) in [5, 5.41) is 0. The van der Waals surface area contributed by atoms with Crippen LogP contribution in [0.1, 0.15) is 29.2 Å². The van der Waals surface area contributed by atoms with Crippen LogP contribution in [0.3, 0.4) is 0 Å². The molecular weight excluding hydrogens is 379 g/mol. The number of nitrogens with two attached hydrogens (primary N) is 1. The highest BCUT2D eigenvalue weighted by atomic mass is 19.3. The zero-order valence-electron chi connectivity index (χ0n) is 16.4. The van der Waals surface area contributed by atoms with Crippen molar-refractivity contribution in [3.05, 3.63) is 82.8 Å². The first-order valence-electron chi connectivity index (χ1n) is 8.97. The summed E-state index contributed by atoms with van der Waals surface area (Å²) in [6, 6.07) is 9.50. The Hall–Kier alpha value is -3.22. The number of aliphatic imine (C=N–C) groups is 1. The van der Waals surface area contributed by atoms with Crippen molar-refractivity contribution < 1.29 is 17.9 Å². The number of benzene rings is 2. The summed E-state index contributed by atoms with van der Waals surface area (Å²) < 4.78 is 44.1. The lowest BCUT2D eigenvalue weighted by molar-refractivity contribution is -0.0503. The third kappa shape index (κ3) is 3.48. The second-order valence-corrected chi connectivity index (χ2v) is 6.78. The lowest BCUT2D eigenvalue weighted by Gasteiger charge is -2.31. The Morgan fingerprint density at radius 1 is 1.21 bits per heavy atom. The number of alkyl halides is 2. The molecule has 0 spiro atoms. The van der Waals surface area contributed by atoms with E-state index in [9.17, 15) is 13.2 Å². The minimum absolute atomic E-state index is 0.0709. The van der Waals surface area contributed by atoms with Crippen molar-refractivity contribution >= 4 is 12.0 Å². The van der Waals surface area contributed by atoms with Gasteiger partial charge in [-0.15, -0.1) is 0 Å². The van der Waals surface area contributed by atoms with Gasteiger partial charge >= 0.3 is 6.61 Å². The van der Waals surface area contributed by atoms with Gasteiger partial charge in [-0.2, -0.15) is 8.78 Å². The number of allylic oxidation sites excluding steroid dienone is 1. The number of nitrogens with zero attached hydrogens (tertiary/aromatic N) is 2. The van der Waals surface area contributed by atoms with Crippen molar-refractivity contribution in [3.63, 3.8) is 0 Å². The Morgan fingerprint density at radius 2 is 1.86 bits per heavy atom. The van der Waals surface area contributed by atoms with E-state index in [-0.39, 0.29) is 17.5 Å². The topological polar surface area (TPSA) is 50.8 Å². The third-order valence-electron chi connectivity index (χ3n) is 5.02. The number of ether oxygens (including phenoxy) is 1. The van der Waals surface area contributed by atoms with Crippen LogP contribution in [0.25, 0.3) is 6.08 Å². The van der Waals surface area contributed by atoms with Gasteiger partial charge in [-0.05, 0) is 54.8 Å². The molecule has 0 aromatic heterocycles. The third-order valence-corrected chi connectivity index (χ3v) is 5.02. The molecule has 2 N–H and O–H groups in total. The molecule has 152 valence electrons. The monoisotopic (exact) mass is 401 g/mol. The highest BCUT2D eigenvalue weighted by Gasteiger charge is 2.45. The highest BCUT2D eigenvalue weighted by molar-refractivity contribution is 5.85. The predicted molar refractivity (Wildman–Crippen MR) is 108 cm³/mol. The van der Waals surface area contributed by atoms with E-state index in [0.29, 0.717) is 28.0 Å². The number of likely N-dealkylation sites (N-methyl/N-ethyl adjacent to an activating group) is 1. The van der Waals surface area contributed by atoms with Gasteiger partial charge in [0.05, 0.1) is 5.70 Å². The van der Waals surface area contributed by atoms with Crippen LogP contribution >= 0.6 is 0 Å². The maximum atomic E-state index is 14.2. The second kappa shape index (κ2) is 7.66. The van der Waals surface area contributed by atoms with E-state index in [4.69, 9.17) is 5.73 Å². The molecule has 0 saturated carbocycles. The molecule has 0 aliphatic carbocycles. The Bertz CT molecular complexity index is 1020. The van der Waals surface area contributed by atoms with E-state index in [1.54, 1.807) is 62.2 Å². The summed E-state index contributed by atoms with van der Waals surface area (Å²) in [5.74, 6) is -0.0493. The number of aryl methyl sites for hydroxylation is 1. The summed E-state index contributed by atoms with van der Waals surface area (Å²) >= 11 is 0. The van der Waals surface area contributed by atoms with E-state index in [2.05, 4.69) is 16.3 Å². The number of guanidine groups is 1. The molecule has 1 unspecified atom stereocenters. The van der Waals surface area contributed by atoms with Crippen LogP contribution in [0.5, 0.6) is 5.75 Å². The summed E-state index contributed by atoms with van der Waals surface area (Å²) in [5.41, 5.74) is 7.76. The number of hydrogen-bond acceptors (Lipinski definition) is 4. The van der Waals surface area contributed by atoms with Crippen molar-refractivity contribution in [2.45, 2.75) is 26.0 Å². The fourth-order valence-corrected chi connectivity index (χ4v) is 3.50. The molecule has 1 atom stereocenters. The maximum Gasteiger partial charge on any atom is 0.387 e. The van der Waals surface area contributed by atoms with Crippen LogP contribution in [0.4, 0.5) is 13.2 Å². The molecule has 0 amide bonds. The average molecular weight is 401 g/mol. The van der Waals surface area contributed by atoms with E-state index in [1.165, 1.54) is 12.1 Å². The molecule has 0 saturated heterocycles.